The Hall–Kier alpha value is -4.30. The van der Waals surface area contributed by atoms with Crippen molar-refractivity contribution in [2.24, 2.45) is 0 Å². The molecule has 5 aromatic carbocycles. The Bertz CT molecular complexity index is 1570. The molecule has 2 heterocycles. The van der Waals surface area contributed by atoms with E-state index in [1.54, 1.807) is 0 Å². The lowest BCUT2D eigenvalue weighted by molar-refractivity contribution is 0.631. The van der Waals surface area contributed by atoms with Gasteiger partial charge in [-0.05, 0) is 58.7 Å². The first-order valence-electron chi connectivity index (χ1n) is 12.2. The minimum Gasteiger partial charge on any atom is -0.306 e. The standard InChI is InChI=1S/C33H26N2/c1-33(2)26-16-9-10-18-28(26)35-31-22-24(23-12-5-3-6-13-23)20-21-29(31)34(25-14-7-4-8-15-25)30-19-11-17-27(33)32(30)35/h3-22H,1-2H3. The first-order valence-corrected chi connectivity index (χ1v) is 12.2. The van der Waals surface area contributed by atoms with Gasteiger partial charge in [-0.3, -0.25) is 0 Å². The number of benzene rings is 5. The highest BCUT2D eigenvalue weighted by atomic mass is 15.3. The summed E-state index contributed by atoms with van der Waals surface area (Å²) in [5.74, 6) is 0. The van der Waals surface area contributed by atoms with E-state index in [0.29, 0.717) is 0 Å². The Morgan fingerprint density at radius 2 is 1.11 bits per heavy atom. The Morgan fingerprint density at radius 1 is 0.457 bits per heavy atom. The van der Waals surface area contributed by atoms with Crippen molar-refractivity contribution in [3.8, 4) is 11.1 Å². The van der Waals surface area contributed by atoms with E-state index in [9.17, 15) is 0 Å². The molecule has 0 unspecified atom stereocenters. The Morgan fingerprint density at radius 3 is 1.91 bits per heavy atom. The number of hydrogen-bond donors (Lipinski definition) is 0. The molecule has 0 N–H and O–H groups in total. The van der Waals surface area contributed by atoms with Crippen LogP contribution in [0.15, 0.2) is 121 Å². The molecule has 2 aliphatic heterocycles. The smallest absolute Gasteiger partial charge is 0.0744 e. The van der Waals surface area contributed by atoms with Gasteiger partial charge in [0, 0.05) is 11.1 Å². The highest BCUT2D eigenvalue weighted by Gasteiger charge is 2.42. The Balaban J connectivity index is 1.58. The van der Waals surface area contributed by atoms with E-state index in [1.165, 1.54) is 56.4 Å². The summed E-state index contributed by atoms with van der Waals surface area (Å²) in [6, 6.07) is 43.9. The summed E-state index contributed by atoms with van der Waals surface area (Å²) in [7, 11) is 0. The normalized spacial score (nSPS) is 14.7. The van der Waals surface area contributed by atoms with Gasteiger partial charge in [0.1, 0.15) is 0 Å². The first-order chi connectivity index (χ1) is 17.1. The van der Waals surface area contributed by atoms with Crippen LogP contribution in [0.4, 0.5) is 34.1 Å². The molecule has 0 spiro atoms. The fraction of sp³-hybridized carbons (Fsp3) is 0.0909. The van der Waals surface area contributed by atoms with Crippen LogP contribution >= 0.6 is 0 Å². The number of hydrogen-bond acceptors (Lipinski definition) is 2. The number of nitrogens with zero attached hydrogens (tertiary/aromatic N) is 2. The molecule has 0 radical (unpaired) electrons. The first kappa shape index (κ1) is 20.1. The van der Waals surface area contributed by atoms with Crippen molar-refractivity contribution in [3.63, 3.8) is 0 Å². The summed E-state index contributed by atoms with van der Waals surface area (Å²) in [5.41, 5.74) is 12.4. The van der Waals surface area contributed by atoms with Gasteiger partial charge in [-0.25, -0.2) is 0 Å². The summed E-state index contributed by atoms with van der Waals surface area (Å²) < 4.78 is 0. The van der Waals surface area contributed by atoms with Crippen LogP contribution in [0.2, 0.25) is 0 Å². The molecule has 2 aliphatic rings. The van der Waals surface area contributed by atoms with Crippen LogP contribution in [0.25, 0.3) is 11.1 Å². The van der Waals surface area contributed by atoms with E-state index in [-0.39, 0.29) is 5.41 Å². The quantitative estimate of drug-likeness (QED) is 0.259. The van der Waals surface area contributed by atoms with Crippen molar-refractivity contribution in [3.05, 3.63) is 132 Å². The van der Waals surface area contributed by atoms with Crippen molar-refractivity contribution in [2.45, 2.75) is 19.3 Å². The van der Waals surface area contributed by atoms with Crippen LogP contribution in [0.3, 0.4) is 0 Å². The van der Waals surface area contributed by atoms with Crippen molar-refractivity contribution >= 4 is 34.1 Å². The van der Waals surface area contributed by atoms with Crippen molar-refractivity contribution in [1.29, 1.82) is 0 Å². The maximum Gasteiger partial charge on any atom is 0.0744 e. The lowest BCUT2D eigenvalue weighted by atomic mass is 9.72. The van der Waals surface area contributed by atoms with Gasteiger partial charge < -0.3 is 9.80 Å². The predicted octanol–water partition coefficient (Wildman–Crippen LogP) is 9.25. The zero-order valence-corrected chi connectivity index (χ0v) is 19.9. The molecule has 0 fully saturated rings. The van der Waals surface area contributed by atoms with Gasteiger partial charge in [-0.1, -0.05) is 98.8 Å². The van der Waals surface area contributed by atoms with Gasteiger partial charge in [-0.2, -0.15) is 0 Å². The number of para-hydroxylation sites is 3. The van der Waals surface area contributed by atoms with Crippen LogP contribution in [-0.4, -0.2) is 0 Å². The maximum absolute atomic E-state index is 2.49. The van der Waals surface area contributed by atoms with Crippen molar-refractivity contribution in [2.75, 3.05) is 9.80 Å². The van der Waals surface area contributed by atoms with Gasteiger partial charge in [0.05, 0.1) is 28.4 Å². The molecule has 168 valence electrons. The summed E-state index contributed by atoms with van der Waals surface area (Å²) in [6.45, 7) is 4.70. The average Bonchev–Trinajstić information content (AvgIpc) is 2.91. The van der Waals surface area contributed by atoms with Gasteiger partial charge >= 0.3 is 0 Å². The fourth-order valence-corrected chi connectivity index (χ4v) is 5.85. The molecular weight excluding hydrogens is 424 g/mol. The summed E-state index contributed by atoms with van der Waals surface area (Å²) in [5, 5.41) is 0. The molecule has 0 aromatic heterocycles. The number of anilines is 6. The summed E-state index contributed by atoms with van der Waals surface area (Å²) in [4.78, 5) is 4.91. The van der Waals surface area contributed by atoms with Crippen molar-refractivity contribution < 1.29 is 0 Å². The Kier molecular flexibility index (Phi) is 4.22. The largest absolute Gasteiger partial charge is 0.306 e. The topological polar surface area (TPSA) is 6.48 Å². The molecule has 35 heavy (non-hydrogen) atoms. The van der Waals surface area contributed by atoms with Gasteiger partial charge in [0.25, 0.3) is 0 Å². The van der Waals surface area contributed by atoms with E-state index in [1.807, 2.05) is 0 Å². The molecular formula is C33H26N2. The van der Waals surface area contributed by atoms with Crippen molar-refractivity contribution in [1.82, 2.24) is 0 Å². The van der Waals surface area contributed by atoms with E-state index in [0.717, 1.165) is 0 Å². The monoisotopic (exact) mass is 450 g/mol. The van der Waals surface area contributed by atoms with Crippen LogP contribution in [0.5, 0.6) is 0 Å². The highest BCUT2D eigenvalue weighted by Crippen LogP contribution is 2.61. The molecule has 5 aromatic rings. The van der Waals surface area contributed by atoms with Crippen LogP contribution < -0.4 is 9.80 Å². The lowest BCUT2D eigenvalue weighted by Gasteiger charge is -2.48. The predicted molar refractivity (Wildman–Crippen MR) is 147 cm³/mol. The second-order valence-corrected chi connectivity index (χ2v) is 9.89. The molecule has 2 nitrogen and oxygen atoms in total. The third-order valence-corrected chi connectivity index (χ3v) is 7.55. The second kappa shape index (κ2) is 7.35. The Labute approximate surface area is 206 Å². The second-order valence-electron chi connectivity index (χ2n) is 9.89. The molecule has 0 amide bonds. The number of rotatable bonds is 2. The number of fused-ring (bicyclic) bond motifs is 4. The third kappa shape index (κ3) is 2.83. The minimum absolute atomic E-state index is 0.102. The zero-order chi connectivity index (χ0) is 23.6. The van der Waals surface area contributed by atoms with Gasteiger partial charge in [0.15, 0.2) is 0 Å². The van der Waals surface area contributed by atoms with E-state index in [2.05, 4.69) is 145 Å². The molecule has 0 atom stereocenters. The molecule has 0 bridgehead atoms. The fourth-order valence-electron chi connectivity index (χ4n) is 5.85. The van der Waals surface area contributed by atoms with E-state index >= 15 is 0 Å². The molecule has 7 rings (SSSR count). The van der Waals surface area contributed by atoms with E-state index < -0.39 is 0 Å². The minimum atomic E-state index is -0.102. The lowest BCUT2D eigenvalue weighted by Crippen LogP contribution is -2.34. The highest BCUT2D eigenvalue weighted by molar-refractivity contribution is 6.05. The van der Waals surface area contributed by atoms with Crippen LogP contribution in [-0.2, 0) is 5.41 Å². The third-order valence-electron chi connectivity index (χ3n) is 7.55. The van der Waals surface area contributed by atoms with Gasteiger partial charge in [-0.15, -0.1) is 0 Å². The zero-order valence-electron chi connectivity index (χ0n) is 19.9. The summed E-state index contributed by atoms with van der Waals surface area (Å²) >= 11 is 0. The molecule has 0 saturated heterocycles. The SMILES string of the molecule is CC1(C)c2ccccc2N2c3cc(-c4ccccc4)ccc3N(c3ccccc3)c3cccc1c32. The molecule has 2 heteroatoms. The molecule has 0 aliphatic carbocycles. The average molecular weight is 451 g/mol. The van der Waals surface area contributed by atoms with E-state index in [4.69, 9.17) is 0 Å². The van der Waals surface area contributed by atoms with Crippen LogP contribution in [0, 0.1) is 0 Å². The van der Waals surface area contributed by atoms with Gasteiger partial charge in [0.2, 0.25) is 0 Å². The molecule has 0 saturated carbocycles. The summed E-state index contributed by atoms with van der Waals surface area (Å²) in [6.07, 6.45) is 0. The van der Waals surface area contributed by atoms with Crippen LogP contribution in [0.1, 0.15) is 25.0 Å². The maximum atomic E-state index is 2.49.